The molecule has 1 aromatic heterocycles. The van der Waals surface area contributed by atoms with Crippen LogP contribution in [0.25, 0.3) is 0 Å². The molecular weight excluding hydrogens is 463 g/mol. The van der Waals surface area contributed by atoms with Crippen molar-refractivity contribution in [1.29, 1.82) is 0 Å². The van der Waals surface area contributed by atoms with Gasteiger partial charge in [0.1, 0.15) is 18.1 Å². The highest BCUT2D eigenvalue weighted by Crippen LogP contribution is 2.24. The number of carbonyl (C=O) groups is 2. The van der Waals surface area contributed by atoms with Gasteiger partial charge in [0.05, 0.1) is 10.7 Å². The molecule has 1 heterocycles. The summed E-state index contributed by atoms with van der Waals surface area (Å²) < 4.78 is 47.9. The molecule has 0 spiro atoms. The highest BCUT2D eigenvalue weighted by molar-refractivity contribution is 6.32. The van der Waals surface area contributed by atoms with Gasteiger partial charge in [0.15, 0.2) is 5.76 Å². The molecule has 3 rings (SSSR count). The molecule has 0 aliphatic rings. The molecule has 33 heavy (non-hydrogen) atoms. The SMILES string of the molecule is CC(=NNC(=O)c1ccc(COc2ccccc2Cl)o1)c1ccc(NC(=O)C(F)(F)F)cc1. The molecule has 2 aromatic carbocycles. The van der Waals surface area contributed by atoms with E-state index in [2.05, 4.69) is 10.5 Å². The fourth-order valence-corrected chi connectivity index (χ4v) is 2.73. The summed E-state index contributed by atoms with van der Waals surface area (Å²) in [6, 6.07) is 15.5. The quantitative estimate of drug-likeness (QED) is 0.361. The van der Waals surface area contributed by atoms with Crippen LogP contribution in [0.4, 0.5) is 18.9 Å². The maximum Gasteiger partial charge on any atom is 0.471 e. The predicted octanol–water partition coefficient (Wildman–Crippen LogP) is 5.17. The van der Waals surface area contributed by atoms with Crippen molar-refractivity contribution in [2.45, 2.75) is 19.7 Å². The number of hydrazone groups is 1. The van der Waals surface area contributed by atoms with Gasteiger partial charge in [-0.1, -0.05) is 35.9 Å². The second-order valence-corrected chi connectivity index (χ2v) is 7.06. The number of benzene rings is 2. The van der Waals surface area contributed by atoms with Crippen LogP contribution in [0.15, 0.2) is 70.2 Å². The number of amides is 2. The van der Waals surface area contributed by atoms with E-state index in [1.807, 2.05) is 0 Å². The number of nitrogens with one attached hydrogen (secondary N) is 2. The number of para-hydroxylation sites is 1. The first-order valence-corrected chi connectivity index (χ1v) is 9.80. The predicted molar refractivity (Wildman–Crippen MR) is 115 cm³/mol. The number of alkyl halides is 3. The Morgan fingerprint density at radius 3 is 2.42 bits per heavy atom. The van der Waals surface area contributed by atoms with Crippen LogP contribution < -0.4 is 15.5 Å². The van der Waals surface area contributed by atoms with Crippen molar-refractivity contribution in [3.05, 3.63) is 82.8 Å². The van der Waals surface area contributed by atoms with Crippen LogP contribution in [0.5, 0.6) is 5.75 Å². The number of carbonyl (C=O) groups excluding carboxylic acids is 2. The fourth-order valence-electron chi connectivity index (χ4n) is 2.54. The largest absolute Gasteiger partial charge is 0.484 e. The van der Waals surface area contributed by atoms with Crippen molar-refractivity contribution < 1.29 is 31.9 Å². The summed E-state index contributed by atoms with van der Waals surface area (Å²) in [4.78, 5) is 23.2. The lowest BCUT2D eigenvalue weighted by atomic mass is 10.1. The minimum absolute atomic E-state index is 0.00881. The van der Waals surface area contributed by atoms with Crippen molar-refractivity contribution in [2.24, 2.45) is 5.10 Å². The molecule has 11 heteroatoms. The van der Waals surface area contributed by atoms with E-state index in [0.29, 0.717) is 27.8 Å². The number of rotatable bonds is 7. The topological polar surface area (TPSA) is 92.9 Å². The van der Waals surface area contributed by atoms with Gasteiger partial charge in [-0.3, -0.25) is 9.59 Å². The summed E-state index contributed by atoms with van der Waals surface area (Å²) >= 11 is 6.02. The Hall–Kier alpha value is -3.79. The van der Waals surface area contributed by atoms with E-state index >= 15 is 0 Å². The summed E-state index contributed by atoms with van der Waals surface area (Å²) in [5, 5.41) is 6.15. The average Bonchev–Trinajstić information content (AvgIpc) is 3.26. The van der Waals surface area contributed by atoms with E-state index < -0.39 is 18.0 Å². The Morgan fingerprint density at radius 1 is 1.06 bits per heavy atom. The molecule has 0 unspecified atom stereocenters. The normalized spacial score (nSPS) is 11.7. The van der Waals surface area contributed by atoms with Crippen LogP contribution in [-0.2, 0) is 11.4 Å². The van der Waals surface area contributed by atoms with Crippen LogP contribution in [0.2, 0.25) is 5.02 Å². The molecule has 0 atom stereocenters. The standard InChI is InChI=1S/C22H17ClF3N3O4/c1-13(14-6-8-15(9-7-14)27-21(31)22(24,25)26)28-29-20(30)19-11-10-16(33-19)12-32-18-5-3-2-4-17(18)23/h2-11H,12H2,1H3,(H,27,31)(H,29,30). The molecule has 0 radical (unpaired) electrons. The van der Waals surface area contributed by atoms with E-state index in [-0.39, 0.29) is 18.1 Å². The van der Waals surface area contributed by atoms with Crippen molar-refractivity contribution in [2.75, 3.05) is 5.32 Å². The molecule has 0 saturated heterocycles. The van der Waals surface area contributed by atoms with Crippen molar-refractivity contribution in [3.63, 3.8) is 0 Å². The number of hydrogen-bond acceptors (Lipinski definition) is 5. The Kier molecular flexibility index (Phi) is 7.39. The molecule has 0 aliphatic heterocycles. The van der Waals surface area contributed by atoms with Crippen LogP contribution in [0.1, 0.15) is 28.8 Å². The first-order chi connectivity index (χ1) is 15.6. The Balaban J connectivity index is 1.55. The summed E-state index contributed by atoms with van der Waals surface area (Å²) in [7, 11) is 0. The van der Waals surface area contributed by atoms with Gasteiger partial charge < -0.3 is 14.5 Å². The van der Waals surface area contributed by atoms with E-state index in [1.165, 1.54) is 30.3 Å². The molecule has 0 aliphatic carbocycles. The highest BCUT2D eigenvalue weighted by Gasteiger charge is 2.38. The van der Waals surface area contributed by atoms with Gasteiger partial charge in [0.2, 0.25) is 0 Å². The summed E-state index contributed by atoms with van der Waals surface area (Å²) in [5.74, 6) is -1.78. The zero-order valence-electron chi connectivity index (χ0n) is 17.1. The third-order valence-electron chi connectivity index (χ3n) is 4.24. The van der Waals surface area contributed by atoms with Gasteiger partial charge >= 0.3 is 18.0 Å². The minimum atomic E-state index is -4.98. The Bertz CT molecular complexity index is 1170. The van der Waals surface area contributed by atoms with E-state index in [0.717, 1.165) is 0 Å². The number of ether oxygens (including phenoxy) is 1. The average molecular weight is 480 g/mol. The first kappa shape index (κ1) is 23.9. The van der Waals surface area contributed by atoms with E-state index in [9.17, 15) is 22.8 Å². The van der Waals surface area contributed by atoms with Gasteiger partial charge in [0.25, 0.3) is 0 Å². The van der Waals surface area contributed by atoms with E-state index in [1.54, 1.807) is 42.6 Å². The molecular formula is C22H17ClF3N3O4. The molecule has 7 nitrogen and oxygen atoms in total. The third kappa shape index (κ3) is 6.59. The lowest BCUT2D eigenvalue weighted by molar-refractivity contribution is -0.167. The fraction of sp³-hybridized carbons (Fsp3) is 0.136. The molecule has 3 aromatic rings. The Labute approximate surface area is 191 Å². The zero-order valence-corrected chi connectivity index (χ0v) is 17.8. The van der Waals surface area contributed by atoms with Gasteiger partial charge in [0, 0.05) is 5.69 Å². The van der Waals surface area contributed by atoms with Crippen LogP contribution in [-0.4, -0.2) is 23.7 Å². The summed E-state index contributed by atoms with van der Waals surface area (Å²) in [6.45, 7) is 1.66. The minimum Gasteiger partial charge on any atom is -0.484 e. The lowest BCUT2D eigenvalue weighted by Crippen LogP contribution is -2.29. The monoisotopic (exact) mass is 479 g/mol. The summed E-state index contributed by atoms with van der Waals surface area (Å²) in [5.41, 5.74) is 3.21. The van der Waals surface area contributed by atoms with Gasteiger partial charge in [-0.05, 0) is 48.9 Å². The van der Waals surface area contributed by atoms with E-state index in [4.69, 9.17) is 20.8 Å². The molecule has 0 fully saturated rings. The van der Waals surface area contributed by atoms with Gasteiger partial charge in [-0.2, -0.15) is 18.3 Å². The number of hydrogen-bond donors (Lipinski definition) is 2. The molecule has 0 bridgehead atoms. The van der Waals surface area contributed by atoms with Crippen LogP contribution in [0.3, 0.4) is 0 Å². The maximum atomic E-state index is 12.3. The molecule has 2 N–H and O–H groups in total. The zero-order chi connectivity index (χ0) is 24.0. The second kappa shape index (κ2) is 10.2. The van der Waals surface area contributed by atoms with Crippen molar-refractivity contribution in [3.8, 4) is 5.75 Å². The van der Waals surface area contributed by atoms with Crippen LogP contribution in [0, 0.1) is 0 Å². The number of anilines is 1. The van der Waals surface area contributed by atoms with Gasteiger partial charge in [-0.15, -0.1) is 0 Å². The summed E-state index contributed by atoms with van der Waals surface area (Å²) in [6.07, 6.45) is -4.98. The molecule has 2 amide bonds. The molecule has 0 saturated carbocycles. The number of halogens is 4. The van der Waals surface area contributed by atoms with Crippen molar-refractivity contribution in [1.82, 2.24) is 5.43 Å². The lowest BCUT2D eigenvalue weighted by Gasteiger charge is -2.08. The third-order valence-corrected chi connectivity index (χ3v) is 4.55. The van der Waals surface area contributed by atoms with Gasteiger partial charge in [-0.25, -0.2) is 5.43 Å². The molecule has 172 valence electrons. The van der Waals surface area contributed by atoms with Crippen molar-refractivity contribution >= 4 is 34.8 Å². The maximum absolute atomic E-state index is 12.3. The Morgan fingerprint density at radius 2 is 1.76 bits per heavy atom. The second-order valence-electron chi connectivity index (χ2n) is 6.65. The number of furan rings is 1. The van der Waals surface area contributed by atoms with Crippen LogP contribution >= 0.6 is 11.6 Å². The number of nitrogens with zero attached hydrogens (tertiary/aromatic N) is 1. The first-order valence-electron chi connectivity index (χ1n) is 9.43. The highest BCUT2D eigenvalue weighted by atomic mass is 35.5. The smallest absolute Gasteiger partial charge is 0.471 e.